The summed E-state index contributed by atoms with van der Waals surface area (Å²) >= 11 is 0. The molecule has 0 bridgehead atoms. The molecule has 0 N–H and O–H groups in total. The van der Waals surface area contributed by atoms with Gasteiger partial charge in [-0.2, -0.15) is 0 Å². The van der Waals surface area contributed by atoms with Crippen LogP contribution in [0, 0.1) is 0 Å². The second-order valence-corrected chi connectivity index (χ2v) is 8.70. The van der Waals surface area contributed by atoms with Crippen LogP contribution in [0.3, 0.4) is 0 Å². The van der Waals surface area contributed by atoms with Crippen LogP contribution in [0.2, 0.25) is 0 Å². The highest BCUT2D eigenvalue weighted by Crippen LogP contribution is 2.20. The van der Waals surface area contributed by atoms with Crippen molar-refractivity contribution in [2.45, 2.75) is 116 Å². The summed E-state index contributed by atoms with van der Waals surface area (Å²) in [5.41, 5.74) is 0. The highest BCUT2D eigenvalue weighted by molar-refractivity contribution is 5.65. The summed E-state index contributed by atoms with van der Waals surface area (Å²) < 4.78 is 0.792. The van der Waals surface area contributed by atoms with Crippen molar-refractivity contribution in [1.82, 2.24) is 0 Å². The minimum Gasteiger partial charge on any atom is -0.544 e. The Bertz CT molecular complexity index is 337. The predicted octanol–water partition coefficient (Wildman–Crippen LogP) is 5.22. The first kappa shape index (κ1) is 23.5. The van der Waals surface area contributed by atoms with Gasteiger partial charge in [-0.25, -0.2) is 0 Å². The Balaban J connectivity index is 1.91. The summed E-state index contributed by atoms with van der Waals surface area (Å²) in [7, 11) is 0. The Kier molecular flexibility index (Phi) is 14.0. The summed E-state index contributed by atoms with van der Waals surface area (Å²) in [5, 5.41) is 11.1. The van der Waals surface area contributed by atoms with E-state index in [2.05, 4.69) is 6.92 Å². The van der Waals surface area contributed by atoms with Crippen LogP contribution in [0.4, 0.5) is 0 Å². The Hall–Kier alpha value is -0.570. The third-order valence-corrected chi connectivity index (χ3v) is 6.22. The number of quaternary nitrogens is 1. The van der Waals surface area contributed by atoms with Gasteiger partial charge in [0.25, 0.3) is 0 Å². The Labute approximate surface area is 163 Å². The van der Waals surface area contributed by atoms with Crippen LogP contribution in [-0.2, 0) is 4.79 Å². The van der Waals surface area contributed by atoms with Crippen molar-refractivity contribution in [3.05, 3.63) is 0 Å². The van der Waals surface area contributed by atoms with Crippen LogP contribution in [-0.4, -0.2) is 36.6 Å². The van der Waals surface area contributed by atoms with Crippen molar-refractivity contribution in [2.75, 3.05) is 26.2 Å². The molecular weight excluding hydrogens is 322 g/mol. The van der Waals surface area contributed by atoms with Gasteiger partial charge >= 0.3 is 0 Å². The van der Waals surface area contributed by atoms with Gasteiger partial charge < -0.3 is 14.4 Å². The molecule has 1 fully saturated rings. The van der Waals surface area contributed by atoms with Gasteiger partial charge in [-0.1, -0.05) is 84.0 Å². The summed E-state index contributed by atoms with van der Waals surface area (Å²) in [6, 6.07) is 0. The fraction of sp³-hybridized carbons (Fsp3) is 0.957. The Morgan fingerprint density at radius 2 is 1.12 bits per heavy atom. The number of carbonyl (C=O) groups is 1. The molecule has 0 amide bonds. The maximum absolute atomic E-state index is 11.1. The zero-order valence-electron chi connectivity index (χ0n) is 17.6. The molecule has 3 nitrogen and oxygen atoms in total. The molecule has 0 saturated carbocycles. The lowest BCUT2D eigenvalue weighted by Crippen LogP contribution is -2.57. The van der Waals surface area contributed by atoms with Crippen molar-refractivity contribution >= 4 is 5.97 Å². The van der Waals surface area contributed by atoms with Crippen molar-refractivity contribution < 1.29 is 14.4 Å². The van der Waals surface area contributed by atoms with Gasteiger partial charge in [-0.15, -0.1) is 0 Å². The van der Waals surface area contributed by atoms with Gasteiger partial charge in [0, 0.05) is 0 Å². The maximum atomic E-state index is 11.1. The summed E-state index contributed by atoms with van der Waals surface area (Å²) in [4.78, 5) is 11.1. The van der Waals surface area contributed by atoms with E-state index >= 15 is 0 Å². The van der Waals surface area contributed by atoms with E-state index in [1.54, 1.807) is 0 Å². The van der Waals surface area contributed by atoms with Gasteiger partial charge in [-0.05, 0) is 32.1 Å². The summed E-state index contributed by atoms with van der Waals surface area (Å²) in [6.45, 7) is 5.66. The van der Waals surface area contributed by atoms with Crippen molar-refractivity contribution in [3.8, 4) is 0 Å². The molecule has 1 heterocycles. The number of rotatable bonds is 17. The second kappa shape index (κ2) is 15.5. The molecule has 1 aliphatic heterocycles. The van der Waals surface area contributed by atoms with Gasteiger partial charge in [0.05, 0.1) is 25.6 Å². The lowest BCUT2D eigenvalue weighted by molar-refractivity contribution is -0.927. The van der Waals surface area contributed by atoms with E-state index in [0.717, 1.165) is 24.1 Å². The highest BCUT2D eigenvalue weighted by atomic mass is 16.4. The first-order chi connectivity index (χ1) is 12.7. The fourth-order valence-corrected chi connectivity index (χ4v) is 4.56. The van der Waals surface area contributed by atoms with Crippen LogP contribution in [0.1, 0.15) is 116 Å². The molecular formula is C23H45NO2. The van der Waals surface area contributed by atoms with Gasteiger partial charge in [-0.3, -0.25) is 0 Å². The van der Waals surface area contributed by atoms with Crippen LogP contribution in [0.5, 0.6) is 0 Å². The number of unbranched alkanes of at least 4 members (excludes halogenated alkanes) is 13. The van der Waals surface area contributed by atoms with Crippen LogP contribution >= 0.6 is 0 Å². The lowest BCUT2D eigenvalue weighted by atomic mass is 10.0. The zero-order valence-corrected chi connectivity index (χ0v) is 17.6. The first-order valence-electron chi connectivity index (χ1n) is 11.7. The zero-order chi connectivity index (χ0) is 18.9. The average Bonchev–Trinajstić information content (AvgIpc) is 2.62. The van der Waals surface area contributed by atoms with Gasteiger partial charge in [0.2, 0.25) is 0 Å². The van der Waals surface area contributed by atoms with Gasteiger partial charge in [0.1, 0.15) is 6.54 Å². The van der Waals surface area contributed by atoms with E-state index in [-0.39, 0.29) is 6.54 Å². The van der Waals surface area contributed by atoms with E-state index in [1.165, 1.54) is 109 Å². The van der Waals surface area contributed by atoms with Crippen LogP contribution in [0.25, 0.3) is 0 Å². The molecule has 3 heteroatoms. The van der Waals surface area contributed by atoms with E-state index < -0.39 is 5.97 Å². The number of aliphatic carboxylic acids is 1. The number of carbonyl (C=O) groups excluding carboxylic acids is 1. The molecule has 0 radical (unpaired) electrons. The fourth-order valence-electron chi connectivity index (χ4n) is 4.56. The third-order valence-electron chi connectivity index (χ3n) is 6.22. The molecule has 154 valence electrons. The number of hydrogen-bond donors (Lipinski definition) is 0. The second-order valence-electron chi connectivity index (χ2n) is 8.70. The first-order valence-corrected chi connectivity index (χ1v) is 11.7. The Morgan fingerprint density at radius 1 is 0.692 bits per heavy atom. The largest absolute Gasteiger partial charge is 0.544 e. The molecule has 1 saturated heterocycles. The number of carboxylic acids is 1. The van der Waals surface area contributed by atoms with E-state index in [1.807, 2.05) is 0 Å². The summed E-state index contributed by atoms with van der Waals surface area (Å²) in [5.74, 6) is -0.864. The summed E-state index contributed by atoms with van der Waals surface area (Å²) in [6.07, 6.45) is 22.9. The molecule has 0 aromatic rings. The van der Waals surface area contributed by atoms with Gasteiger partial charge in [0.15, 0.2) is 0 Å². The SMILES string of the molecule is CCCCCCCCCCCCCCCC[N+]1(CC(=O)[O-])CCCCC1. The predicted molar refractivity (Wildman–Crippen MR) is 109 cm³/mol. The van der Waals surface area contributed by atoms with Crippen molar-refractivity contribution in [2.24, 2.45) is 0 Å². The molecule has 0 aliphatic carbocycles. The normalized spacial score (nSPS) is 16.7. The number of nitrogens with zero attached hydrogens (tertiary/aromatic N) is 1. The number of piperidine rings is 1. The standard InChI is InChI=1S/C23H45NO2/c1-2-3-4-5-6-7-8-9-10-11-12-13-14-16-19-24(22-23(25)26)20-17-15-18-21-24/h2-22H2,1H3. The number of hydrogen-bond acceptors (Lipinski definition) is 2. The van der Waals surface area contributed by atoms with Crippen LogP contribution < -0.4 is 5.11 Å². The number of carboxylic acid groups (broad SMARTS) is 1. The molecule has 0 aromatic heterocycles. The Morgan fingerprint density at radius 3 is 1.54 bits per heavy atom. The molecule has 1 rings (SSSR count). The average molecular weight is 368 g/mol. The molecule has 1 aliphatic rings. The lowest BCUT2D eigenvalue weighted by Gasteiger charge is -2.42. The highest BCUT2D eigenvalue weighted by Gasteiger charge is 2.29. The molecule has 0 spiro atoms. The van der Waals surface area contributed by atoms with E-state index in [9.17, 15) is 9.90 Å². The molecule has 0 unspecified atom stereocenters. The molecule has 0 aromatic carbocycles. The van der Waals surface area contributed by atoms with Crippen molar-refractivity contribution in [3.63, 3.8) is 0 Å². The van der Waals surface area contributed by atoms with E-state index in [0.29, 0.717) is 0 Å². The van der Waals surface area contributed by atoms with Crippen molar-refractivity contribution in [1.29, 1.82) is 0 Å². The smallest absolute Gasteiger partial charge is 0.119 e. The number of likely N-dealkylation sites (tertiary alicyclic amines) is 1. The third kappa shape index (κ3) is 11.9. The minimum absolute atomic E-state index is 0.235. The van der Waals surface area contributed by atoms with E-state index in [4.69, 9.17) is 0 Å². The topological polar surface area (TPSA) is 40.1 Å². The molecule has 0 atom stereocenters. The molecule has 26 heavy (non-hydrogen) atoms. The van der Waals surface area contributed by atoms with Crippen LogP contribution in [0.15, 0.2) is 0 Å². The maximum Gasteiger partial charge on any atom is 0.119 e. The minimum atomic E-state index is -0.864. The monoisotopic (exact) mass is 367 g/mol. The quantitative estimate of drug-likeness (QED) is 0.261.